The second kappa shape index (κ2) is 6.42. The summed E-state index contributed by atoms with van der Waals surface area (Å²) >= 11 is 4.40. The van der Waals surface area contributed by atoms with Crippen LogP contribution in [-0.2, 0) is 0 Å². The first kappa shape index (κ1) is 14.9. The van der Waals surface area contributed by atoms with E-state index in [9.17, 15) is 0 Å². The van der Waals surface area contributed by atoms with Crippen molar-refractivity contribution in [1.82, 2.24) is 0 Å². The van der Waals surface area contributed by atoms with Crippen LogP contribution in [0, 0.1) is 0 Å². The summed E-state index contributed by atoms with van der Waals surface area (Å²) < 4.78 is 0. The molecule has 4 aromatic rings. The van der Waals surface area contributed by atoms with E-state index < -0.39 is 0 Å². The Bertz CT molecular complexity index is 962. The molecule has 0 aromatic heterocycles. The predicted octanol–water partition coefficient (Wildman–Crippen LogP) is 6.60. The van der Waals surface area contributed by atoms with E-state index in [1.807, 2.05) is 18.2 Å². The summed E-state index contributed by atoms with van der Waals surface area (Å²) in [6, 6.07) is 33.7. The average Bonchev–Trinajstić information content (AvgIpc) is 2.64. The lowest BCUT2D eigenvalue weighted by Gasteiger charge is -2.25. The number of hydrogen-bond donors (Lipinski definition) is 1. The van der Waals surface area contributed by atoms with Gasteiger partial charge in [0, 0.05) is 22.0 Å². The van der Waals surface area contributed by atoms with Gasteiger partial charge in [0.15, 0.2) is 0 Å². The highest BCUT2D eigenvalue weighted by Gasteiger charge is 2.12. The number of benzene rings is 4. The Morgan fingerprint density at radius 1 is 0.500 bits per heavy atom. The monoisotopic (exact) mass is 327 g/mol. The van der Waals surface area contributed by atoms with Gasteiger partial charge in [0.1, 0.15) is 0 Å². The highest BCUT2D eigenvalue weighted by atomic mass is 32.1. The second-order valence-electron chi connectivity index (χ2n) is 5.72. The van der Waals surface area contributed by atoms with E-state index in [1.165, 1.54) is 10.8 Å². The SMILES string of the molecule is Sc1ccc(N(c2ccccc2)c2ccc3ccccc3c2)cc1. The number of thiol groups is 1. The van der Waals surface area contributed by atoms with Gasteiger partial charge in [-0.2, -0.15) is 0 Å². The molecule has 0 fully saturated rings. The molecular formula is C22H17NS. The van der Waals surface area contributed by atoms with E-state index in [1.54, 1.807) is 0 Å². The van der Waals surface area contributed by atoms with Crippen molar-refractivity contribution in [2.45, 2.75) is 4.90 Å². The molecule has 0 heterocycles. The number of anilines is 3. The van der Waals surface area contributed by atoms with Crippen molar-refractivity contribution in [1.29, 1.82) is 0 Å². The molecule has 0 radical (unpaired) electrons. The Morgan fingerprint density at radius 2 is 1.08 bits per heavy atom. The van der Waals surface area contributed by atoms with Gasteiger partial charge in [-0.3, -0.25) is 0 Å². The van der Waals surface area contributed by atoms with Crippen LogP contribution in [0.2, 0.25) is 0 Å². The van der Waals surface area contributed by atoms with Crippen molar-refractivity contribution in [3.63, 3.8) is 0 Å². The summed E-state index contributed by atoms with van der Waals surface area (Å²) in [5.74, 6) is 0. The zero-order valence-corrected chi connectivity index (χ0v) is 14.0. The Balaban J connectivity index is 1.89. The van der Waals surface area contributed by atoms with Crippen LogP contribution < -0.4 is 4.90 Å². The lowest BCUT2D eigenvalue weighted by Crippen LogP contribution is -2.09. The zero-order valence-electron chi connectivity index (χ0n) is 13.1. The topological polar surface area (TPSA) is 3.24 Å². The van der Waals surface area contributed by atoms with Crippen molar-refractivity contribution in [2.24, 2.45) is 0 Å². The molecule has 4 aromatic carbocycles. The van der Waals surface area contributed by atoms with Gasteiger partial charge in [-0.05, 0) is 59.3 Å². The molecule has 0 aliphatic carbocycles. The maximum atomic E-state index is 4.40. The number of para-hydroxylation sites is 1. The summed E-state index contributed by atoms with van der Waals surface area (Å²) in [7, 11) is 0. The number of nitrogens with zero attached hydrogens (tertiary/aromatic N) is 1. The van der Waals surface area contributed by atoms with Crippen LogP contribution in [0.25, 0.3) is 10.8 Å². The molecule has 1 nitrogen and oxygen atoms in total. The van der Waals surface area contributed by atoms with Crippen LogP contribution in [0.1, 0.15) is 0 Å². The third-order valence-corrected chi connectivity index (χ3v) is 4.41. The van der Waals surface area contributed by atoms with E-state index in [0.717, 1.165) is 22.0 Å². The van der Waals surface area contributed by atoms with Crippen LogP contribution in [-0.4, -0.2) is 0 Å². The molecule has 2 heteroatoms. The normalized spacial score (nSPS) is 10.7. The van der Waals surface area contributed by atoms with Gasteiger partial charge < -0.3 is 4.90 Å². The van der Waals surface area contributed by atoms with Gasteiger partial charge in [-0.25, -0.2) is 0 Å². The van der Waals surface area contributed by atoms with E-state index in [4.69, 9.17) is 0 Å². The molecule has 0 aliphatic rings. The number of hydrogen-bond acceptors (Lipinski definition) is 2. The molecule has 0 saturated carbocycles. The van der Waals surface area contributed by atoms with Crippen molar-refractivity contribution >= 4 is 40.5 Å². The van der Waals surface area contributed by atoms with Crippen LogP contribution in [0.15, 0.2) is 102 Å². The first-order chi connectivity index (χ1) is 11.8. The molecule has 4 rings (SSSR count). The highest BCUT2D eigenvalue weighted by molar-refractivity contribution is 7.80. The fourth-order valence-corrected chi connectivity index (χ4v) is 3.09. The Labute approximate surface area is 147 Å². The first-order valence-corrected chi connectivity index (χ1v) is 8.39. The summed E-state index contributed by atoms with van der Waals surface area (Å²) in [4.78, 5) is 3.23. The lowest BCUT2D eigenvalue weighted by atomic mass is 10.1. The molecule has 116 valence electrons. The van der Waals surface area contributed by atoms with Gasteiger partial charge in [0.2, 0.25) is 0 Å². The molecule has 0 unspecified atom stereocenters. The quantitative estimate of drug-likeness (QED) is 0.415. The van der Waals surface area contributed by atoms with Gasteiger partial charge >= 0.3 is 0 Å². The Hall–Kier alpha value is -2.71. The van der Waals surface area contributed by atoms with Crippen molar-refractivity contribution in [3.05, 3.63) is 97.1 Å². The summed E-state index contributed by atoms with van der Waals surface area (Å²) in [5, 5.41) is 2.49. The van der Waals surface area contributed by atoms with Crippen LogP contribution in [0.3, 0.4) is 0 Å². The average molecular weight is 327 g/mol. The van der Waals surface area contributed by atoms with Crippen LogP contribution in [0.5, 0.6) is 0 Å². The minimum Gasteiger partial charge on any atom is -0.310 e. The van der Waals surface area contributed by atoms with Gasteiger partial charge in [0.05, 0.1) is 0 Å². The summed E-state index contributed by atoms with van der Waals surface area (Å²) in [6.45, 7) is 0. The van der Waals surface area contributed by atoms with E-state index >= 15 is 0 Å². The predicted molar refractivity (Wildman–Crippen MR) is 106 cm³/mol. The molecule has 0 amide bonds. The molecule has 0 N–H and O–H groups in total. The highest BCUT2D eigenvalue weighted by Crippen LogP contribution is 2.36. The standard InChI is InChI=1S/C22H17NS/c24-22-14-12-20(13-15-22)23(19-8-2-1-3-9-19)21-11-10-17-6-4-5-7-18(17)16-21/h1-16,24H. The fourth-order valence-electron chi connectivity index (χ4n) is 2.94. The Morgan fingerprint density at radius 3 is 1.83 bits per heavy atom. The van der Waals surface area contributed by atoms with E-state index in [-0.39, 0.29) is 0 Å². The first-order valence-electron chi connectivity index (χ1n) is 7.94. The van der Waals surface area contributed by atoms with Crippen LogP contribution >= 0.6 is 12.6 Å². The molecule has 0 atom stereocenters. The fraction of sp³-hybridized carbons (Fsp3) is 0. The Kier molecular flexibility index (Phi) is 3.97. The van der Waals surface area contributed by atoms with Crippen molar-refractivity contribution in [3.8, 4) is 0 Å². The molecule has 0 aliphatic heterocycles. The number of fused-ring (bicyclic) bond motifs is 1. The second-order valence-corrected chi connectivity index (χ2v) is 6.24. The maximum absolute atomic E-state index is 4.40. The van der Waals surface area contributed by atoms with E-state index in [0.29, 0.717) is 0 Å². The molecule has 0 spiro atoms. The summed E-state index contributed by atoms with van der Waals surface area (Å²) in [5.41, 5.74) is 3.40. The summed E-state index contributed by atoms with van der Waals surface area (Å²) in [6.07, 6.45) is 0. The third kappa shape index (κ3) is 2.89. The van der Waals surface area contributed by atoms with Crippen molar-refractivity contribution in [2.75, 3.05) is 4.90 Å². The molecule has 0 saturated heterocycles. The molecular weight excluding hydrogens is 310 g/mol. The smallest absolute Gasteiger partial charge is 0.0468 e. The molecule has 24 heavy (non-hydrogen) atoms. The van der Waals surface area contributed by atoms with Crippen LogP contribution in [0.4, 0.5) is 17.1 Å². The van der Waals surface area contributed by atoms with Gasteiger partial charge in [-0.1, -0.05) is 48.5 Å². The number of rotatable bonds is 3. The maximum Gasteiger partial charge on any atom is 0.0468 e. The largest absolute Gasteiger partial charge is 0.310 e. The van der Waals surface area contributed by atoms with E-state index in [2.05, 4.69) is 96.4 Å². The van der Waals surface area contributed by atoms with Gasteiger partial charge in [0.25, 0.3) is 0 Å². The van der Waals surface area contributed by atoms with Crippen molar-refractivity contribution < 1.29 is 0 Å². The molecule has 0 bridgehead atoms. The minimum atomic E-state index is 0.963. The third-order valence-electron chi connectivity index (χ3n) is 4.11. The zero-order chi connectivity index (χ0) is 16.4. The minimum absolute atomic E-state index is 0.963. The van der Waals surface area contributed by atoms with Gasteiger partial charge in [-0.15, -0.1) is 12.6 Å². The lowest BCUT2D eigenvalue weighted by molar-refractivity contribution is 1.27.